The van der Waals surface area contributed by atoms with E-state index in [1.165, 1.54) is 11.1 Å². The molecule has 2 aromatic carbocycles. The van der Waals surface area contributed by atoms with Gasteiger partial charge in [-0.1, -0.05) is 42.5 Å². The van der Waals surface area contributed by atoms with Gasteiger partial charge in [0.05, 0.1) is 22.3 Å². The molecule has 0 N–H and O–H groups in total. The van der Waals surface area contributed by atoms with Crippen molar-refractivity contribution in [2.75, 3.05) is 0 Å². The van der Waals surface area contributed by atoms with Crippen LogP contribution in [0.25, 0.3) is 22.0 Å². The number of pyridine rings is 1. The smallest absolute Gasteiger partial charge is 0.398 e. The average Bonchev–Trinajstić information content (AvgIpc) is 2.82. The molecule has 0 unspecified atom stereocenters. The number of benzene rings is 2. The van der Waals surface area contributed by atoms with Crippen LogP contribution in [0.2, 0.25) is 0 Å². The molecule has 1 aliphatic rings. The Bertz CT molecular complexity index is 906. The lowest BCUT2D eigenvalue weighted by atomic mass is 9.84. The van der Waals surface area contributed by atoms with Crippen LogP contribution < -0.4 is 5.59 Å². The highest BCUT2D eigenvalue weighted by atomic mass is 16.7. The zero-order valence-corrected chi connectivity index (χ0v) is 15.1. The first-order valence-electron chi connectivity index (χ1n) is 8.67. The molecule has 0 spiro atoms. The van der Waals surface area contributed by atoms with Crippen LogP contribution >= 0.6 is 0 Å². The van der Waals surface area contributed by atoms with Crippen molar-refractivity contribution in [2.45, 2.75) is 38.9 Å². The lowest BCUT2D eigenvalue weighted by Crippen LogP contribution is -2.41. The standard InChI is InChI=1S/C21H22BNO2/c1-20(2)21(3,4)25-22(24-20)19-13-11-17-14-16(10-12-18(17)23-19)15-8-6-5-7-9-15/h5-14H,1-4H3. The predicted octanol–water partition coefficient (Wildman–Crippen LogP) is 4.20. The van der Waals surface area contributed by atoms with Crippen LogP contribution in [0.15, 0.2) is 60.7 Å². The summed E-state index contributed by atoms with van der Waals surface area (Å²) >= 11 is 0. The lowest BCUT2D eigenvalue weighted by molar-refractivity contribution is 0.00578. The summed E-state index contributed by atoms with van der Waals surface area (Å²) in [7, 11) is -0.428. The molecule has 4 heteroatoms. The van der Waals surface area contributed by atoms with Crippen molar-refractivity contribution >= 4 is 23.6 Å². The highest BCUT2D eigenvalue weighted by Gasteiger charge is 2.52. The van der Waals surface area contributed by atoms with E-state index in [-0.39, 0.29) is 11.2 Å². The summed E-state index contributed by atoms with van der Waals surface area (Å²) in [6.45, 7) is 8.22. The topological polar surface area (TPSA) is 31.4 Å². The van der Waals surface area contributed by atoms with E-state index >= 15 is 0 Å². The summed E-state index contributed by atoms with van der Waals surface area (Å²) in [6.07, 6.45) is 0. The van der Waals surface area contributed by atoms with Gasteiger partial charge in [0.2, 0.25) is 0 Å². The first-order valence-corrected chi connectivity index (χ1v) is 8.67. The maximum atomic E-state index is 6.11. The normalized spacial score (nSPS) is 18.6. The van der Waals surface area contributed by atoms with Crippen LogP contribution in [0.5, 0.6) is 0 Å². The fourth-order valence-electron chi connectivity index (χ4n) is 3.05. The third-order valence-corrected chi connectivity index (χ3v) is 5.31. The van der Waals surface area contributed by atoms with Gasteiger partial charge in [0.15, 0.2) is 0 Å². The monoisotopic (exact) mass is 331 g/mol. The van der Waals surface area contributed by atoms with E-state index in [0.29, 0.717) is 0 Å². The van der Waals surface area contributed by atoms with Crippen molar-refractivity contribution in [3.05, 3.63) is 60.7 Å². The third kappa shape index (κ3) is 2.86. The molecule has 1 aromatic heterocycles. The molecule has 25 heavy (non-hydrogen) atoms. The molecule has 126 valence electrons. The van der Waals surface area contributed by atoms with Gasteiger partial charge in [0.25, 0.3) is 0 Å². The van der Waals surface area contributed by atoms with E-state index in [9.17, 15) is 0 Å². The number of nitrogens with zero attached hydrogens (tertiary/aromatic N) is 1. The second-order valence-corrected chi connectivity index (χ2v) is 7.60. The summed E-state index contributed by atoms with van der Waals surface area (Å²) < 4.78 is 12.2. The van der Waals surface area contributed by atoms with Crippen molar-refractivity contribution < 1.29 is 9.31 Å². The van der Waals surface area contributed by atoms with Gasteiger partial charge >= 0.3 is 7.12 Å². The second kappa shape index (κ2) is 5.68. The van der Waals surface area contributed by atoms with Crippen molar-refractivity contribution in [1.29, 1.82) is 0 Å². The quantitative estimate of drug-likeness (QED) is 0.660. The fraction of sp³-hybridized carbons (Fsp3) is 0.286. The van der Waals surface area contributed by atoms with Gasteiger partial charge in [-0.3, -0.25) is 4.98 Å². The number of aromatic nitrogens is 1. The Morgan fingerprint density at radius 2 is 1.44 bits per heavy atom. The summed E-state index contributed by atoms with van der Waals surface area (Å²) in [5.74, 6) is 0. The van der Waals surface area contributed by atoms with Gasteiger partial charge in [-0.25, -0.2) is 0 Å². The molecule has 0 radical (unpaired) electrons. The second-order valence-electron chi connectivity index (χ2n) is 7.60. The lowest BCUT2D eigenvalue weighted by Gasteiger charge is -2.32. The van der Waals surface area contributed by atoms with Crippen LogP contribution in [0.4, 0.5) is 0 Å². The van der Waals surface area contributed by atoms with E-state index in [2.05, 4.69) is 76.2 Å². The number of rotatable bonds is 2. The van der Waals surface area contributed by atoms with Gasteiger partial charge < -0.3 is 9.31 Å². The molecule has 0 atom stereocenters. The molecule has 0 bridgehead atoms. The highest BCUT2D eigenvalue weighted by Crippen LogP contribution is 2.36. The van der Waals surface area contributed by atoms with Gasteiger partial charge in [0.1, 0.15) is 0 Å². The third-order valence-electron chi connectivity index (χ3n) is 5.31. The van der Waals surface area contributed by atoms with Crippen molar-refractivity contribution in [1.82, 2.24) is 4.98 Å². The minimum Gasteiger partial charge on any atom is -0.398 e. The fourth-order valence-corrected chi connectivity index (χ4v) is 3.05. The molecule has 0 saturated carbocycles. The van der Waals surface area contributed by atoms with E-state index in [0.717, 1.165) is 16.5 Å². The van der Waals surface area contributed by atoms with Gasteiger partial charge in [-0.05, 0) is 57.0 Å². The molecule has 1 aliphatic heterocycles. The molecular weight excluding hydrogens is 309 g/mol. The first kappa shape index (κ1) is 16.3. The number of hydrogen-bond acceptors (Lipinski definition) is 3. The summed E-state index contributed by atoms with van der Waals surface area (Å²) in [5, 5.41) is 1.11. The zero-order chi connectivity index (χ0) is 17.7. The average molecular weight is 331 g/mol. The van der Waals surface area contributed by atoms with Gasteiger partial charge in [-0.2, -0.15) is 0 Å². The van der Waals surface area contributed by atoms with Crippen molar-refractivity contribution in [3.8, 4) is 11.1 Å². The Morgan fingerprint density at radius 1 is 0.760 bits per heavy atom. The Labute approximate surface area is 149 Å². The van der Waals surface area contributed by atoms with Crippen LogP contribution in [0.3, 0.4) is 0 Å². The SMILES string of the molecule is CC1(C)OB(c2ccc3cc(-c4ccccc4)ccc3n2)OC1(C)C. The minimum atomic E-state index is -0.428. The summed E-state index contributed by atoms with van der Waals surface area (Å²) in [5.41, 5.74) is 3.46. The molecule has 1 saturated heterocycles. The Morgan fingerprint density at radius 3 is 2.12 bits per heavy atom. The summed E-state index contributed by atoms with van der Waals surface area (Å²) in [4.78, 5) is 4.77. The minimum absolute atomic E-state index is 0.356. The van der Waals surface area contributed by atoms with E-state index in [1.807, 2.05) is 12.1 Å². The van der Waals surface area contributed by atoms with Crippen LogP contribution in [0.1, 0.15) is 27.7 Å². The Hall–Kier alpha value is -2.17. The van der Waals surface area contributed by atoms with E-state index < -0.39 is 7.12 Å². The maximum absolute atomic E-state index is 6.11. The molecule has 3 nitrogen and oxygen atoms in total. The van der Waals surface area contributed by atoms with Crippen molar-refractivity contribution in [3.63, 3.8) is 0 Å². The molecule has 0 aliphatic carbocycles. The van der Waals surface area contributed by atoms with Crippen LogP contribution in [-0.4, -0.2) is 23.3 Å². The van der Waals surface area contributed by atoms with E-state index in [4.69, 9.17) is 14.3 Å². The molecule has 3 aromatic rings. The molecular formula is C21H22BNO2. The van der Waals surface area contributed by atoms with Gasteiger partial charge in [0, 0.05) is 5.39 Å². The maximum Gasteiger partial charge on any atom is 0.514 e. The number of fused-ring (bicyclic) bond motifs is 1. The largest absolute Gasteiger partial charge is 0.514 e. The molecule has 1 fully saturated rings. The van der Waals surface area contributed by atoms with Crippen molar-refractivity contribution in [2.24, 2.45) is 0 Å². The summed E-state index contributed by atoms with van der Waals surface area (Å²) in [6, 6.07) is 20.8. The van der Waals surface area contributed by atoms with E-state index in [1.54, 1.807) is 0 Å². The zero-order valence-electron chi connectivity index (χ0n) is 15.1. The number of hydrogen-bond donors (Lipinski definition) is 0. The Kier molecular flexibility index (Phi) is 3.71. The predicted molar refractivity (Wildman–Crippen MR) is 103 cm³/mol. The van der Waals surface area contributed by atoms with Crippen LogP contribution in [-0.2, 0) is 9.31 Å². The molecule has 2 heterocycles. The molecule has 4 rings (SSSR count). The molecule has 0 amide bonds. The van der Waals surface area contributed by atoms with Gasteiger partial charge in [-0.15, -0.1) is 0 Å². The van der Waals surface area contributed by atoms with Crippen LogP contribution in [0, 0.1) is 0 Å². The highest BCUT2D eigenvalue weighted by molar-refractivity contribution is 6.61. The first-order chi connectivity index (χ1) is 11.9. The Balaban J connectivity index is 1.68.